The van der Waals surface area contributed by atoms with Gasteiger partial charge in [-0.3, -0.25) is 4.90 Å². The van der Waals surface area contributed by atoms with Crippen molar-refractivity contribution < 1.29 is 13.2 Å². The number of hydrogen-bond acceptors (Lipinski definition) is 4. The Hall–Kier alpha value is -1.63. The van der Waals surface area contributed by atoms with E-state index in [4.69, 9.17) is 4.74 Å². The van der Waals surface area contributed by atoms with E-state index < -0.39 is 10.0 Å². The van der Waals surface area contributed by atoms with Gasteiger partial charge in [-0.1, -0.05) is 24.3 Å². The van der Waals surface area contributed by atoms with Gasteiger partial charge in [0.1, 0.15) is 5.75 Å². The van der Waals surface area contributed by atoms with Crippen molar-refractivity contribution >= 4 is 20.8 Å². The lowest BCUT2D eigenvalue weighted by atomic mass is 10.1. The van der Waals surface area contributed by atoms with Gasteiger partial charge in [-0.05, 0) is 38.3 Å². The molecule has 2 aromatic carbocycles. The molecule has 6 heteroatoms. The molecular weight excluding hydrogens is 336 g/mol. The molecule has 0 aromatic heterocycles. The molecular formula is C19H24N2O3S. The highest BCUT2D eigenvalue weighted by atomic mass is 32.2. The summed E-state index contributed by atoms with van der Waals surface area (Å²) < 4.78 is 34.5. The standard InChI is InChI=1S/C19H24N2O3S/c1-2-24-18-9-10-19(17-6-4-3-5-16(17)18)25(22,23)20-14-11-12-21(13-14)15-7-8-15/h3-6,9-10,14-15,20H,2,7-8,11-13H2,1H3. The fourth-order valence-electron chi connectivity index (χ4n) is 3.70. The minimum absolute atomic E-state index is 0.00377. The lowest BCUT2D eigenvalue weighted by Gasteiger charge is -2.17. The Bertz CT molecular complexity index is 877. The van der Waals surface area contributed by atoms with Crippen LogP contribution in [0.15, 0.2) is 41.3 Å². The number of rotatable bonds is 6. The van der Waals surface area contributed by atoms with Gasteiger partial charge in [0.2, 0.25) is 10.0 Å². The molecule has 1 heterocycles. The third-order valence-corrected chi connectivity index (χ3v) is 6.62. The second-order valence-corrected chi connectivity index (χ2v) is 8.56. The molecule has 134 valence electrons. The minimum Gasteiger partial charge on any atom is -0.493 e. The van der Waals surface area contributed by atoms with Crippen molar-refractivity contribution in [2.75, 3.05) is 19.7 Å². The molecule has 0 spiro atoms. The zero-order valence-electron chi connectivity index (χ0n) is 14.4. The van der Waals surface area contributed by atoms with Gasteiger partial charge in [0.25, 0.3) is 0 Å². The summed E-state index contributed by atoms with van der Waals surface area (Å²) in [5, 5.41) is 1.54. The molecule has 4 rings (SSSR count). The number of fused-ring (bicyclic) bond motifs is 1. The summed E-state index contributed by atoms with van der Waals surface area (Å²) in [7, 11) is -3.56. The largest absolute Gasteiger partial charge is 0.493 e. The Balaban J connectivity index is 1.62. The van der Waals surface area contributed by atoms with Crippen LogP contribution in [-0.2, 0) is 10.0 Å². The van der Waals surface area contributed by atoms with Crippen LogP contribution in [0.4, 0.5) is 0 Å². The summed E-state index contributed by atoms with van der Waals surface area (Å²) in [6.45, 7) is 4.28. The highest BCUT2D eigenvalue weighted by Crippen LogP contribution is 2.32. The van der Waals surface area contributed by atoms with E-state index >= 15 is 0 Å². The normalized spacial score (nSPS) is 21.7. The van der Waals surface area contributed by atoms with E-state index in [1.54, 1.807) is 12.1 Å². The first-order valence-electron chi connectivity index (χ1n) is 8.99. The lowest BCUT2D eigenvalue weighted by Crippen LogP contribution is -2.37. The van der Waals surface area contributed by atoms with Gasteiger partial charge in [0, 0.05) is 35.9 Å². The molecule has 1 N–H and O–H groups in total. The van der Waals surface area contributed by atoms with Crippen LogP contribution in [-0.4, -0.2) is 45.1 Å². The molecule has 25 heavy (non-hydrogen) atoms. The monoisotopic (exact) mass is 360 g/mol. The fourth-order valence-corrected chi connectivity index (χ4v) is 5.17. The number of nitrogens with zero attached hydrogens (tertiary/aromatic N) is 1. The molecule has 0 amide bonds. The minimum atomic E-state index is -3.56. The Morgan fingerprint density at radius 3 is 2.60 bits per heavy atom. The number of sulfonamides is 1. The Kier molecular flexibility index (Phi) is 4.43. The van der Waals surface area contributed by atoms with Crippen molar-refractivity contribution in [1.82, 2.24) is 9.62 Å². The SMILES string of the molecule is CCOc1ccc(S(=O)(=O)NC2CCN(C3CC3)C2)c2ccccc12. The fraction of sp³-hybridized carbons (Fsp3) is 0.474. The molecule has 1 atom stereocenters. The van der Waals surface area contributed by atoms with Crippen LogP contribution in [0.3, 0.4) is 0 Å². The summed E-state index contributed by atoms with van der Waals surface area (Å²) >= 11 is 0. The first-order chi connectivity index (χ1) is 12.1. The quantitative estimate of drug-likeness (QED) is 0.861. The van der Waals surface area contributed by atoms with Gasteiger partial charge in [-0.2, -0.15) is 0 Å². The van der Waals surface area contributed by atoms with E-state index in [0.29, 0.717) is 22.9 Å². The van der Waals surface area contributed by atoms with Crippen molar-refractivity contribution in [3.05, 3.63) is 36.4 Å². The highest BCUT2D eigenvalue weighted by Gasteiger charge is 2.36. The maximum absolute atomic E-state index is 13.0. The first kappa shape index (κ1) is 16.8. The van der Waals surface area contributed by atoms with Gasteiger partial charge >= 0.3 is 0 Å². The second kappa shape index (κ2) is 6.59. The maximum atomic E-state index is 13.0. The number of hydrogen-bond donors (Lipinski definition) is 1. The molecule has 1 aliphatic carbocycles. The van der Waals surface area contributed by atoms with E-state index in [1.165, 1.54) is 12.8 Å². The van der Waals surface area contributed by atoms with E-state index in [9.17, 15) is 8.42 Å². The van der Waals surface area contributed by atoms with Gasteiger partial charge in [-0.15, -0.1) is 0 Å². The lowest BCUT2D eigenvalue weighted by molar-refractivity contribution is 0.322. The number of benzene rings is 2. The summed E-state index contributed by atoms with van der Waals surface area (Å²) in [5.74, 6) is 0.720. The topological polar surface area (TPSA) is 58.6 Å². The molecule has 1 unspecified atom stereocenters. The van der Waals surface area contributed by atoms with Crippen LogP contribution < -0.4 is 9.46 Å². The molecule has 1 saturated heterocycles. The van der Waals surface area contributed by atoms with Crippen LogP contribution >= 0.6 is 0 Å². The molecule has 2 aromatic rings. The smallest absolute Gasteiger partial charge is 0.241 e. The van der Waals surface area contributed by atoms with Gasteiger partial charge < -0.3 is 4.74 Å². The summed E-state index contributed by atoms with van der Waals surface area (Å²) in [6, 6.07) is 11.6. The molecule has 1 saturated carbocycles. The van der Waals surface area contributed by atoms with Crippen molar-refractivity contribution in [1.29, 1.82) is 0 Å². The molecule has 1 aliphatic heterocycles. The highest BCUT2D eigenvalue weighted by molar-refractivity contribution is 7.89. The van der Waals surface area contributed by atoms with E-state index in [0.717, 1.165) is 30.6 Å². The van der Waals surface area contributed by atoms with Crippen LogP contribution in [0, 0.1) is 0 Å². The molecule has 2 fully saturated rings. The van der Waals surface area contributed by atoms with Gasteiger partial charge in [0.15, 0.2) is 0 Å². The van der Waals surface area contributed by atoms with Gasteiger partial charge in [-0.25, -0.2) is 13.1 Å². The average Bonchev–Trinajstić information content (AvgIpc) is 3.35. The molecule has 0 radical (unpaired) electrons. The Labute approximate surface area is 149 Å². The number of likely N-dealkylation sites (tertiary alicyclic amines) is 1. The third-order valence-electron chi connectivity index (χ3n) is 5.04. The summed E-state index contributed by atoms with van der Waals surface area (Å²) in [5.41, 5.74) is 0. The molecule has 2 aliphatic rings. The van der Waals surface area contributed by atoms with Crippen LogP contribution in [0.1, 0.15) is 26.2 Å². The zero-order chi connectivity index (χ0) is 17.4. The van der Waals surface area contributed by atoms with Gasteiger partial charge in [0.05, 0.1) is 11.5 Å². The van der Waals surface area contributed by atoms with E-state index in [1.807, 2.05) is 31.2 Å². The number of ether oxygens (including phenoxy) is 1. The zero-order valence-corrected chi connectivity index (χ0v) is 15.3. The predicted octanol–water partition coefficient (Wildman–Crippen LogP) is 2.75. The summed E-state index contributed by atoms with van der Waals surface area (Å²) in [6.07, 6.45) is 3.39. The average molecular weight is 360 g/mol. The maximum Gasteiger partial charge on any atom is 0.241 e. The van der Waals surface area contributed by atoms with Crippen molar-refractivity contribution in [2.24, 2.45) is 0 Å². The molecule has 0 bridgehead atoms. The molecule has 5 nitrogen and oxygen atoms in total. The van der Waals surface area contributed by atoms with Crippen LogP contribution in [0.25, 0.3) is 10.8 Å². The Morgan fingerprint density at radius 1 is 1.12 bits per heavy atom. The van der Waals surface area contributed by atoms with Crippen molar-refractivity contribution in [3.8, 4) is 5.75 Å². The predicted molar refractivity (Wildman–Crippen MR) is 98.4 cm³/mol. The van der Waals surface area contributed by atoms with E-state index in [2.05, 4.69) is 9.62 Å². The first-order valence-corrected chi connectivity index (χ1v) is 10.5. The van der Waals surface area contributed by atoms with Crippen molar-refractivity contribution in [3.63, 3.8) is 0 Å². The summed E-state index contributed by atoms with van der Waals surface area (Å²) in [4.78, 5) is 2.74. The third kappa shape index (κ3) is 3.38. The van der Waals surface area contributed by atoms with Crippen molar-refractivity contribution in [2.45, 2.75) is 43.2 Å². The van der Waals surface area contributed by atoms with Crippen LogP contribution in [0.5, 0.6) is 5.75 Å². The van der Waals surface area contributed by atoms with Crippen LogP contribution in [0.2, 0.25) is 0 Å². The Morgan fingerprint density at radius 2 is 1.88 bits per heavy atom. The van der Waals surface area contributed by atoms with E-state index in [-0.39, 0.29) is 6.04 Å². The number of nitrogens with one attached hydrogen (secondary N) is 1. The second-order valence-electron chi connectivity index (χ2n) is 6.87.